The third kappa shape index (κ3) is 4.15. The van der Waals surface area contributed by atoms with Crippen molar-refractivity contribution in [3.63, 3.8) is 0 Å². The van der Waals surface area contributed by atoms with Gasteiger partial charge < -0.3 is 19.6 Å². The smallest absolute Gasteiger partial charge is 0.225 e. The lowest BCUT2D eigenvalue weighted by molar-refractivity contribution is -0.129. The van der Waals surface area contributed by atoms with Crippen LogP contribution in [0.15, 0.2) is 23.4 Å². The molecule has 0 radical (unpaired) electrons. The van der Waals surface area contributed by atoms with Gasteiger partial charge in [-0.3, -0.25) is 4.79 Å². The minimum absolute atomic E-state index is 0.00356. The highest BCUT2D eigenvalue weighted by Gasteiger charge is 2.09. The highest BCUT2D eigenvalue weighted by Crippen LogP contribution is 2.28. The van der Waals surface area contributed by atoms with E-state index >= 15 is 0 Å². The number of nitrogens with zero attached hydrogens (tertiary/aromatic N) is 2. The first kappa shape index (κ1) is 15.8. The Balaban J connectivity index is 2.73. The van der Waals surface area contributed by atoms with Crippen molar-refractivity contribution in [2.45, 2.75) is 13.3 Å². The lowest BCUT2D eigenvalue weighted by Crippen LogP contribution is -2.23. The molecule has 0 aliphatic rings. The summed E-state index contributed by atoms with van der Waals surface area (Å²) in [6, 6.07) is 5.21. The van der Waals surface area contributed by atoms with E-state index in [1.165, 1.54) is 12.0 Å². The number of ether oxygens (including phenoxy) is 2. The van der Waals surface area contributed by atoms with Gasteiger partial charge in [-0.25, -0.2) is 0 Å². The van der Waals surface area contributed by atoms with Crippen molar-refractivity contribution in [2.75, 3.05) is 27.8 Å². The van der Waals surface area contributed by atoms with Crippen molar-refractivity contribution in [3.05, 3.63) is 23.8 Å². The molecule has 0 aliphatic heterocycles. The summed E-state index contributed by atoms with van der Waals surface area (Å²) in [5.41, 5.74) is 1.22. The fraction of sp³-hybridized carbons (Fsp3) is 0.429. The van der Waals surface area contributed by atoms with E-state index < -0.39 is 0 Å². The molecule has 1 N–H and O–H groups in total. The fourth-order valence-corrected chi connectivity index (χ4v) is 1.54. The molecule has 0 saturated heterocycles. The van der Waals surface area contributed by atoms with Crippen LogP contribution in [0.3, 0.4) is 0 Å². The van der Waals surface area contributed by atoms with Crippen LogP contribution in [0.5, 0.6) is 11.5 Å². The molecule has 0 atom stereocenters. The van der Waals surface area contributed by atoms with E-state index in [-0.39, 0.29) is 12.5 Å². The van der Waals surface area contributed by atoms with E-state index in [9.17, 15) is 4.79 Å². The molecule has 0 heterocycles. The highest BCUT2D eigenvalue weighted by atomic mass is 16.5. The quantitative estimate of drug-likeness (QED) is 0.489. The van der Waals surface area contributed by atoms with Gasteiger partial charge in [0.25, 0.3) is 0 Å². The Hall–Kier alpha value is -2.24. The first-order valence-corrected chi connectivity index (χ1v) is 6.19. The lowest BCUT2D eigenvalue weighted by atomic mass is 10.1. The second kappa shape index (κ2) is 7.37. The Labute approximate surface area is 118 Å². The number of hydrogen-bond donors (Lipinski definition) is 1. The summed E-state index contributed by atoms with van der Waals surface area (Å²) < 4.78 is 10.8. The van der Waals surface area contributed by atoms with Crippen LogP contribution < -0.4 is 9.47 Å². The number of hydrogen-bond acceptors (Lipinski definition) is 5. The number of rotatable bonds is 6. The van der Waals surface area contributed by atoms with Crippen LogP contribution in [0.2, 0.25) is 0 Å². The molecule has 0 aromatic heterocycles. The predicted octanol–water partition coefficient (Wildman–Crippen LogP) is 1.75. The summed E-state index contributed by atoms with van der Waals surface area (Å²) in [5.74, 6) is 1.08. The fourth-order valence-electron chi connectivity index (χ4n) is 1.54. The lowest BCUT2D eigenvalue weighted by Gasteiger charge is -2.13. The number of carbonyl (C=O) groups is 1. The molecule has 0 unspecified atom stereocenters. The summed E-state index contributed by atoms with van der Waals surface area (Å²) in [6.07, 6.45) is 0.301. The highest BCUT2D eigenvalue weighted by molar-refractivity contribution is 5.98. The van der Waals surface area contributed by atoms with Crippen molar-refractivity contribution in [3.8, 4) is 11.5 Å². The van der Waals surface area contributed by atoms with Gasteiger partial charge in [-0.05, 0) is 25.1 Å². The number of benzene rings is 1. The number of methoxy groups -OCH3 is 1. The molecule has 0 saturated carbocycles. The van der Waals surface area contributed by atoms with E-state index in [4.69, 9.17) is 14.7 Å². The molecule has 6 heteroatoms. The van der Waals surface area contributed by atoms with Gasteiger partial charge in [-0.2, -0.15) is 0 Å². The zero-order valence-electron chi connectivity index (χ0n) is 12.2. The van der Waals surface area contributed by atoms with Crippen LogP contribution in [0.4, 0.5) is 0 Å². The molecule has 6 nitrogen and oxygen atoms in total. The first-order chi connectivity index (χ1) is 9.49. The van der Waals surface area contributed by atoms with Gasteiger partial charge in [0.2, 0.25) is 5.91 Å². The van der Waals surface area contributed by atoms with E-state index in [0.717, 1.165) is 5.56 Å². The Kier molecular flexibility index (Phi) is 5.83. The second-order valence-corrected chi connectivity index (χ2v) is 4.44. The molecular formula is C14H20N2O4. The molecule has 0 spiro atoms. The molecule has 0 fully saturated rings. The van der Waals surface area contributed by atoms with E-state index in [1.807, 2.05) is 0 Å². The number of amides is 1. The summed E-state index contributed by atoms with van der Waals surface area (Å²) in [7, 11) is 4.94. The zero-order valence-corrected chi connectivity index (χ0v) is 12.2. The van der Waals surface area contributed by atoms with Crippen molar-refractivity contribution >= 4 is 11.6 Å². The van der Waals surface area contributed by atoms with E-state index in [2.05, 4.69) is 5.16 Å². The van der Waals surface area contributed by atoms with Crippen LogP contribution >= 0.6 is 0 Å². The Morgan fingerprint density at radius 3 is 2.60 bits per heavy atom. The predicted molar refractivity (Wildman–Crippen MR) is 75.8 cm³/mol. The maximum Gasteiger partial charge on any atom is 0.225 e. The van der Waals surface area contributed by atoms with Gasteiger partial charge in [-0.15, -0.1) is 0 Å². The minimum atomic E-state index is 0.00356. The summed E-state index contributed by atoms with van der Waals surface area (Å²) in [5, 5.41) is 11.9. The standard InChI is InChI=1S/C14H20N2O4/c1-10(15-18)11-5-6-12(13(9-11)19-4)20-8-7-14(17)16(2)3/h5-6,9,18H,7-8H2,1-4H3/b15-10+. The zero-order chi connectivity index (χ0) is 15.1. The third-order valence-corrected chi connectivity index (χ3v) is 2.80. The molecule has 1 aromatic carbocycles. The van der Waals surface area contributed by atoms with E-state index in [0.29, 0.717) is 23.6 Å². The molecule has 0 bridgehead atoms. The van der Waals surface area contributed by atoms with Crippen molar-refractivity contribution in [2.24, 2.45) is 5.16 Å². The molecule has 20 heavy (non-hydrogen) atoms. The van der Waals surface area contributed by atoms with Gasteiger partial charge in [0.05, 0.1) is 25.8 Å². The average Bonchev–Trinajstić information content (AvgIpc) is 2.46. The monoisotopic (exact) mass is 280 g/mol. The Bertz CT molecular complexity index is 498. The maximum absolute atomic E-state index is 11.4. The van der Waals surface area contributed by atoms with Crippen LogP contribution in [0.25, 0.3) is 0 Å². The molecule has 1 aromatic rings. The topological polar surface area (TPSA) is 71.4 Å². The summed E-state index contributed by atoms with van der Waals surface area (Å²) in [6.45, 7) is 1.96. The van der Waals surface area contributed by atoms with Gasteiger partial charge in [-0.1, -0.05) is 5.16 Å². The van der Waals surface area contributed by atoms with Crippen molar-refractivity contribution < 1.29 is 19.5 Å². The van der Waals surface area contributed by atoms with Crippen LogP contribution in [0, 0.1) is 0 Å². The molecule has 0 aliphatic carbocycles. The first-order valence-electron chi connectivity index (χ1n) is 6.19. The van der Waals surface area contributed by atoms with Crippen LogP contribution in [0.1, 0.15) is 18.9 Å². The SMILES string of the molecule is COc1cc(/C(C)=N/O)ccc1OCCC(=O)N(C)C. The van der Waals surface area contributed by atoms with Crippen molar-refractivity contribution in [1.29, 1.82) is 0 Å². The summed E-state index contributed by atoms with van der Waals surface area (Å²) in [4.78, 5) is 13.0. The molecule has 1 rings (SSSR count). The van der Waals surface area contributed by atoms with E-state index in [1.54, 1.807) is 39.2 Å². The van der Waals surface area contributed by atoms with Gasteiger partial charge in [0.1, 0.15) is 0 Å². The molecule has 110 valence electrons. The second-order valence-electron chi connectivity index (χ2n) is 4.44. The van der Waals surface area contributed by atoms with Crippen LogP contribution in [-0.2, 0) is 4.79 Å². The minimum Gasteiger partial charge on any atom is -0.493 e. The maximum atomic E-state index is 11.4. The van der Waals surface area contributed by atoms with Crippen LogP contribution in [-0.4, -0.2) is 49.5 Å². The molecular weight excluding hydrogens is 260 g/mol. The number of oxime groups is 1. The largest absolute Gasteiger partial charge is 0.493 e. The van der Waals surface area contributed by atoms with Gasteiger partial charge in [0.15, 0.2) is 11.5 Å². The van der Waals surface area contributed by atoms with Gasteiger partial charge >= 0.3 is 0 Å². The van der Waals surface area contributed by atoms with Crippen molar-refractivity contribution in [1.82, 2.24) is 4.90 Å². The third-order valence-electron chi connectivity index (χ3n) is 2.80. The normalized spacial score (nSPS) is 11.1. The Morgan fingerprint density at radius 1 is 1.35 bits per heavy atom. The molecule has 1 amide bonds. The Morgan fingerprint density at radius 2 is 2.05 bits per heavy atom. The average molecular weight is 280 g/mol. The van der Waals surface area contributed by atoms with Gasteiger partial charge in [0, 0.05) is 19.7 Å². The number of carbonyl (C=O) groups excluding carboxylic acids is 1. The summed E-state index contributed by atoms with van der Waals surface area (Å²) >= 11 is 0.